The largest absolute Gasteiger partial charge is 0.369 e. The molecule has 0 aromatic carbocycles. The molecule has 1 aliphatic heterocycles. The highest BCUT2D eigenvalue weighted by molar-refractivity contribution is 5.03. The van der Waals surface area contributed by atoms with Crippen molar-refractivity contribution in [2.75, 3.05) is 6.61 Å². The standard InChI is InChI=1S/C19H31N3O/c1-2-22-11-10-20-19(22)18-17(7-4-12-23-18)21-16-6-3-5-15(13-16)14-8-9-14/h10-11,14-18,21H,2-9,12-13H2,1H3/t15-,16-,17+,18+/m1/s1. The van der Waals surface area contributed by atoms with E-state index < -0.39 is 0 Å². The quantitative estimate of drug-likeness (QED) is 0.900. The summed E-state index contributed by atoms with van der Waals surface area (Å²) in [6.45, 7) is 4.02. The number of hydrogen-bond donors (Lipinski definition) is 1. The molecule has 4 rings (SSSR count). The van der Waals surface area contributed by atoms with Crippen LogP contribution in [0, 0.1) is 11.8 Å². The molecule has 2 aliphatic carbocycles. The number of nitrogens with one attached hydrogen (secondary N) is 1. The van der Waals surface area contributed by atoms with Gasteiger partial charge in [0.25, 0.3) is 0 Å². The van der Waals surface area contributed by atoms with Crippen molar-refractivity contribution in [3.63, 3.8) is 0 Å². The van der Waals surface area contributed by atoms with E-state index in [1.54, 1.807) is 0 Å². The van der Waals surface area contributed by atoms with Crippen molar-refractivity contribution in [3.8, 4) is 0 Å². The summed E-state index contributed by atoms with van der Waals surface area (Å²) in [5.41, 5.74) is 0. The number of aryl methyl sites for hydroxylation is 1. The smallest absolute Gasteiger partial charge is 0.139 e. The summed E-state index contributed by atoms with van der Waals surface area (Å²) >= 11 is 0. The average molecular weight is 317 g/mol. The molecule has 2 heterocycles. The highest BCUT2D eigenvalue weighted by atomic mass is 16.5. The van der Waals surface area contributed by atoms with Gasteiger partial charge in [-0.05, 0) is 57.3 Å². The van der Waals surface area contributed by atoms with E-state index in [-0.39, 0.29) is 6.10 Å². The van der Waals surface area contributed by atoms with Gasteiger partial charge in [-0.1, -0.05) is 12.8 Å². The highest BCUT2D eigenvalue weighted by Gasteiger charge is 2.37. The predicted molar refractivity (Wildman–Crippen MR) is 91.2 cm³/mol. The van der Waals surface area contributed by atoms with Crippen LogP contribution >= 0.6 is 0 Å². The SMILES string of the molecule is CCn1ccnc1[C@H]1OCCC[C@@H]1N[C@@H]1CCC[C@@H](C2CC2)C1. The summed E-state index contributed by atoms with van der Waals surface area (Å²) in [5, 5.41) is 3.98. The van der Waals surface area contributed by atoms with E-state index in [0.717, 1.165) is 30.8 Å². The molecule has 4 nitrogen and oxygen atoms in total. The van der Waals surface area contributed by atoms with Gasteiger partial charge >= 0.3 is 0 Å². The predicted octanol–water partition coefficient (Wildman–Crippen LogP) is 3.68. The van der Waals surface area contributed by atoms with Crippen LogP contribution in [0.4, 0.5) is 0 Å². The Bertz CT molecular complexity index is 510. The van der Waals surface area contributed by atoms with E-state index in [1.165, 1.54) is 51.4 Å². The third-order valence-corrected chi connectivity index (χ3v) is 6.12. The molecule has 0 unspecified atom stereocenters. The fraction of sp³-hybridized carbons (Fsp3) is 0.842. The van der Waals surface area contributed by atoms with Crippen molar-refractivity contribution in [1.82, 2.24) is 14.9 Å². The van der Waals surface area contributed by atoms with Crippen LogP contribution in [0.1, 0.15) is 70.2 Å². The second kappa shape index (κ2) is 6.94. The van der Waals surface area contributed by atoms with Gasteiger partial charge in [0.1, 0.15) is 11.9 Å². The second-order valence-corrected chi connectivity index (χ2v) is 7.74. The minimum absolute atomic E-state index is 0.125. The fourth-order valence-corrected chi connectivity index (χ4v) is 4.73. The van der Waals surface area contributed by atoms with Crippen molar-refractivity contribution < 1.29 is 4.74 Å². The van der Waals surface area contributed by atoms with E-state index in [4.69, 9.17) is 4.74 Å². The van der Waals surface area contributed by atoms with Gasteiger partial charge in [-0.25, -0.2) is 4.98 Å². The lowest BCUT2D eigenvalue weighted by Crippen LogP contribution is -2.47. The molecule has 2 saturated carbocycles. The summed E-state index contributed by atoms with van der Waals surface area (Å²) in [5.74, 6) is 3.15. The molecule has 1 N–H and O–H groups in total. The third-order valence-electron chi connectivity index (χ3n) is 6.12. The van der Waals surface area contributed by atoms with E-state index in [2.05, 4.69) is 28.0 Å². The maximum atomic E-state index is 6.16. The first-order chi connectivity index (χ1) is 11.3. The molecule has 0 radical (unpaired) electrons. The Balaban J connectivity index is 1.43. The topological polar surface area (TPSA) is 39.1 Å². The Morgan fingerprint density at radius 1 is 1.17 bits per heavy atom. The Morgan fingerprint density at radius 2 is 2.09 bits per heavy atom. The number of rotatable bonds is 5. The minimum Gasteiger partial charge on any atom is -0.369 e. The number of imidazole rings is 1. The van der Waals surface area contributed by atoms with Crippen LogP contribution in [-0.4, -0.2) is 28.2 Å². The molecule has 3 fully saturated rings. The lowest BCUT2D eigenvalue weighted by Gasteiger charge is -2.38. The van der Waals surface area contributed by atoms with Crippen molar-refractivity contribution in [1.29, 1.82) is 0 Å². The summed E-state index contributed by atoms with van der Waals surface area (Å²) in [7, 11) is 0. The van der Waals surface area contributed by atoms with Crippen LogP contribution in [-0.2, 0) is 11.3 Å². The van der Waals surface area contributed by atoms with Crippen molar-refractivity contribution in [2.45, 2.75) is 83.0 Å². The van der Waals surface area contributed by atoms with Crippen LogP contribution in [0.5, 0.6) is 0 Å². The Labute approximate surface area is 140 Å². The zero-order chi connectivity index (χ0) is 15.6. The lowest BCUT2D eigenvalue weighted by atomic mass is 9.82. The second-order valence-electron chi connectivity index (χ2n) is 7.74. The molecule has 4 atom stereocenters. The maximum Gasteiger partial charge on any atom is 0.139 e. The van der Waals surface area contributed by atoms with Gasteiger partial charge in [0, 0.05) is 37.6 Å². The summed E-state index contributed by atoms with van der Waals surface area (Å²) in [6, 6.07) is 1.12. The molecule has 0 amide bonds. The summed E-state index contributed by atoms with van der Waals surface area (Å²) in [4.78, 5) is 4.61. The molecule has 0 bridgehead atoms. The summed E-state index contributed by atoms with van der Waals surface area (Å²) < 4.78 is 8.39. The molecule has 23 heavy (non-hydrogen) atoms. The zero-order valence-corrected chi connectivity index (χ0v) is 14.4. The maximum absolute atomic E-state index is 6.16. The van der Waals surface area contributed by atoms with Gasteiger partial charge in [-0.3, -0.25) is 0 Å². The summed E-state index contributed by atoms with van der Waals surface area (Å²) in [6.07, 6.45) is 15.1. The van der Waals surface area contributed by atoms with Crippen LogP contribution in [0.2, 0.25) is 0 Å². The van der Waals surface area contributed by atoms with Gasteiger partial charge in [0.05, 0.1) is 0 Å². The molecule has 128 valence electrons. The number of aromatic nitrogens is 2. The van der Waals surface area contributed by atoms with Crippen molar-refractivity contribution in [3.05, 3.63) is 18.2 Å². The van der Waals surface area contributed by atoms with Gasteiger partial charge in [0.2, 0.25) is 0 Å². The zero-order valence-electron chi connectivity index (χ0n) is 14.4. The van der Waals surface area contributed by atoms with Crippen LogP contribution < -0.4 is 5.32 Å². The molecule has 1 saturated heterocycles. The Hall–Kier alpha value is -0.870. The fourth-order valence-electron chi connectivity index (χ4n) is 4.73. The first kappa shape index (κ1) is 15.6. The number of nitrogens with zero attached hydrogens (tertiary/aromatic N) is 2. The molecule has 1 aromatic heterocycles. The van der Waals surface area contributed by atoms with Crippen molar-refractivity contribution in [2.24, 2.45) is 11.8 Å². The number of ether oxygens (including phenoxy) is 1. The van der Waals surface area contributed by atoms with E-state index in [9.17, 15) is 0 Å². The molecular weight excluding hydrogens is 286 g/mol. The van der Waals surface area contributed by atoms with Crippen molar-refractivity contribution >= 4 is 0 Å². The van der Waals surface area contributed by atoms with Gasteiger partial charge in [-0.2, -0.15) is 0 Å². The molecule has 3 aliphatic rings. The van der Waals surface area contributed by atoms with E-state index in [0.29, 0.717) is 12.1 Å². The van der Waals surface area contributed by atoms with E-state index >= 15 is 0 Å². The average Bonchev–Trinajstić information content (AvgIpc) is 3.33. The highest BCUT2D eigenvalue weighted by Crippen LogP contribution is 2.44. The van der Waals surface area contributed by atoms with E-state index in [1.807, 2.05) is 6.20 Å². The van der Waals surface area contributed by atoms with Crippen LogP contribution in [0.15, 0.2) is 12.4 Å². The molecule has 1 aromatic rings. The number of hydrogen-bond acceptors (Lipinski definition) is 3. The minimum atomic E-state index is 0.125. The molecule has 0 spiro atoms. The first-order valence-corrected chi connectivity index (χ1v) is 9.74. The van der Waals surface area contributed by atoms with Gasteiger partial charge in [0.15, 0.2) is 0 Å². The van der Waals surface area contributed by atoms with Gasteiger partial charge < -0.3 is 14.6 Å². The van der Waals surface area contributed by atoms with Crippen LogP contribution in [0.3, 0.4) is 0 Å². The Kier molecular flexibility index (Phi) is 4.72. The van der Waals surface area contributed by atoms with Crippen LogP contribution in [0.25, 0.3) is 0 Å². The monoisotopic (exact) mass is 317 g/mol. The molecule has 4 heteroatoms. The molecular formula is C19H31N3O. The lowest BCUT2D eigenvalue weighted by molar-refractivity contribution is -0.0229. The third kappa shape index (κ3) is 3.48. The normalized spacial score (nSPS) is 35.3. The first-order valence-electron chi connectivity index (χ1n) is 9.74. The van der Waals surface area contributed by atoms with Gasteiger partial charge in [-0.15, -0.1) is 0 Å². The Morgan fingerprint density at radius 3 is 2.91 bits per heavy atom.